The van der Waals surface area contributed by atoms with Crippen LogP contribution in [-0.2, 0) is 16.1 Å². The van der Waals surface area contributed by atoms with Crippen LogP contribution in [0, 0.1) is 0 Å². The van der Waals surface area contributed by atoms with Gasteiger partial charge in [0.15, 0.2) is 0 Å². The van der Waals surface area contributed by atoms with Gasteiger partial charge in [-0.2, -0.15) is 0 Å². The molecule has 22 heavy (non-hydrogen) atoms. The lowest BCUT2D eigenvalue weighted by Crippen LogP contribution is -2.48. The van der Waals surface area contributed by atoms with E-state index in [1.54, 1.807) is 0 Å². The molecule has 6 heteroatoms. The molecular formula is C16H25N3O3. The fourth-order valence-corrected chi connectivity index (χ4v) is 2.42. The van der Waals surface area contributed by atoms with Crippen molar-refractivity contribution >= 4 is 6.09 Å². The minimum Gasteiger partial charge on any atom is -0.445 e. The van der Waals surface area contributed by atoms with Gasteiger partial charge in [-0.15, -0.1) is 0 Å². The molecule has 1 aliphatic heterocycles. The van der Waals surface area contributed by atoms with E-state index in [1.165, 1.54) is 0 Å². The van der Waals surface area contributed by atoms with Gasteiger partial charge >= 0.3 is 6.09 Å². The van der Waals surface area contributed by atoms with Crippen LogP contribution in [0.25, 0.3) is 0 Å². The minimum absolute atomic E-state index is 0.226. The second-order valence-electron chi connectivity index (χ2n) is 5.34. The zero-order chi connectivity index (χ0) is 15.6. The summed E-state index contributed by atoms with van der Waals surface area (Å²) in [6.07, 6.45) is -0.146. The van der Waals surface area contributed by atoms with Crippen molar-refractivity contribution in [2.45, 2.75) is 12.7 Å². The molecule has 0 spiro atoms. The molecule has 1 fully saturated rings. The van der Waals surface area contributed by atoms with E-state index in [0.29, 0.717) is 13.2 Å². The molecule has 1 heterocycles. The largest absolute Gasteiger partial charge is 0.445 e. The summed E-state index contributed by atoms with van der Waals surface area (Å²) in [5, 5.41) is 5.91. The highest BCUT2D eigenvalue weighted by Gasteiger charge is 2.19. The molecule has 122 valence electrons. The molecule has 0 unspecified atom stereocenters. The maximum Gasteiger partial charge on any atom is 0.407 e. The highest BCUT2D eigenvalue weighted by molar-refractivity contribution is 5.67. The molecule has 1 aromatic rings. The van der Waals surface area contributed by atoms with Crippen LogP contribution >= 0.6 is 0 Å². The third-order valence-electron chi connectivity index (χ3n) is 3.56. The Kier molecular flexibility index (Phi) is 7.15. The zero-order valence-corrected chi connectivity index (χ0v) is 13.1. The van der Waals surface area contributed by atoms with Crippen LogP contribution in [0.4, 0.5) is 4.79 Å². The minimum atomic E-state index is -0.371. The normalized spacial score (nSPS) is 18.9. The summed E-state index contributed by atoms with van der Waals surface area (Å²) in [5.41, 5.74) is 0.987. The van der Waals surface area contributed by atoms with Crippen molar-refractivity contribution in [3.05, 3.63) is 35.9 Å². The quantitative estimate of drug-likeness (QED) is 0.781. The van der Waals surface area contributed by atoms with Crippen molar-refractivity contribution in [1.82, 2.24) is 15.5 Å². The van der Waals surface area contributed by atoms with E-state index in [0.717, 1.165) is 38.3 Å². The Labute approximate surface area is 131 Å². The monoisotopic (exact) mass is 307 g/mol. The van der Waals surface area contributed by atoms with Crippen LogP contribution in [0.15, 0.2) is 30.3 Å². The Balaban J connectivity index is 1.58. The predicted octanol–water partition coefficient (Wildman–Crippen LogP) is 0.833. The number of rotatable bonds is 7. The number of carbonyl (C=O) groups excluding carboxylic acids is 1. The molecule has 1 aromatic carbocycles. The number of nitrogens with one attached hydrogen (secondary N) is 2. The molecule has 0 saturated carbocycles. The fraction of sp³-hybridized carbons (Fsp3) is 0.562. The third kappa shape index (κ3) is 6.01. The molecule has 0 radical (unpaired) electrons. The standard InChI is InChI=1S/C16H25N3O3/c1-17-11-15-12-19(9-10-21-15)8-7-18-16(20)22-13-14-5-3-2-4-6-14/h2-6,15,17H,7-13H2,1H3,(H,18,20)/t15-/m1/s1. The van der Waals surface area contributed by atoms with Crippen LogP contribution in [0.1, 0.15) is 5.56 Å². The number of hydrogen-bond donors (Lipinski definition) is 2. The van der Waals surface area contributed by atoms with E-state index >= 15 is 0 Å². The first-order valence-corrected chi connectivity index (χ1v) is 7.71. The summed E-state index contributed by atoms with van der Waals surface area (Å²) in [6, 6.07) is 9.66. The van der Waals surface area contributed by atoms with Crippen molar-refractivity contribution < 1.29 is 14.3 Å². The molecule has 2 rings (SSSR count). The Morgan fingerprint density at radius 2 is 2.23 bits per heavy atom. The molecule has 1 amide bonds. The van der Waals surface area contributed by atoms with Gasteiger partial charge in [-0.3, -0.25) is 4.90 Å². The van der Waals surface area contributed by atoms with Gasteiger partial charge in [0.1, 0.15) is 6.61 Å². The summed E-state index contributed by atoms with van der Waals surface area (Å²) in [5.74, 6) is 0. The molecule has 0 aliphatic carbocycles. The van der Waals surface area contributed by atoms with Gasteiger partial charge < -0.3 is 20.1 Å². The van der Waals surface area contributed by atoms with E-state index in [2.05, 4.69) is 15.5 Å². The number of benzene rings is 1. The molecule has 2 N–H and O–H groups in total. The van der Waals surface area contributed by atoms with Crippen molar-refractivity contribution in [1.29, 1.82) is 0 Å². The van der Waals surface area contributed by atoms with Crippen LogP contribution in [-0.4, -0.2) is 63.5 Å². The predicted molar refractivity (Wildman–Crippen MR) is 84.7 cm³/mol. The van der Waals surface area contributed by atoms with E-state index in [1.807, 2.05) is 37.4 Å². The van der Waals surface area contributed by atoms with E-state index in [4.69, 9.17) is 9.47 Å². The Hall–Kier alpha value is -1.63. The maximum atomic E-state index is 11.6. The first-order chi connectivity index (χ1) is 10.8. The lowest BCUT2D eigenvalue weighted by molar-refractivity contribution is -0.0256. The lowest BCUT2D eigenvalue weighted by Gasteiger charge is -2.32. The van der Waals surface area contributed by atoms with Crippen molar-refractivity contribution in [2.24, 2.45) is 0 Å². The Morgan fingerprint density at radius 3 is 3.00 bits per heavy atom. The maximum absolute atomic E-state index is 11.6. The van der Waals surface area contributed by atoms with Crippen molar-refractivity contribution in [2.75, 3.05) is 46.4 Å². The fourth-order valence-electron chi connectivity index (χ4n) is 2.42. The second-order valence-corrected chi connectivity index (χ2v) is 5.34. The number of carbonyl (C=O) groups is 1. The number of hydrogen-bond acceptors (Lipinski definition) is 5. The van der Waals surface area contributed by atoms with Gasteiger partial charge in [0.2, 0.25) is 0 Å². The molecule has 0 bridgehead atoms. The van der Waals surface area contributed by atoms with Gasteiger partial charge in [0.05, 0.1) is 12.7 Å². The molecule has 0 aromatic heterocycles. The SMILES string of the molecule is CNC[C@@H]1CN(CCNC(=O)OCc2ccccc2)CCO1. The first kappa shape index (κ1) is 16.7. The van der Waals surface area contributed by atoms with Crippen molar-refractivity contribution in [3.8, 4) is 0 Å². The molecule has 1 atom stereocenters. The van der Waals surface area contributed by atoms with Crippen LogP contribution in [0.3, 0.4) is 0 Å². The number of morpholine rings is 1. The summed E-state index contributed by atoms with van der Waals surface area (Å²) in [4.78, 5) is 13.9. The number of alkyl carbamates (subject to hydrolysis) is 1. The second kappa shape index (κ2) is 9.40. The van der Waals surface area contributed by atoms with Crippen molar-refractivity contribution in [3.63, 3.8) is 0 Å². The average molecular weight is 307 g/mol. The van der Waals surface area contributed by atoms with E-state index in [9.17, 15) is 4.79 Å². The highest BCUT2D eigenvalue weighted by atomic mass is 16.5. The number of nitrogens with zero attached hydrogens (tertiary/aromatic N) is 1. The molecule has 6 nitrogen and oxygen atoms in total. The summed E-state index contributed by atoms with van der Waals surface area (Å²) < 4.78 is 10.8. The summed E-state index contributed by atoms with van der Waals surface area (Å²) >= 11 is 0. The highest BCUT2D eigenvalue weighted by Crippen LogP contribution is 2.04. The van der Waals surface area contributed by atoms with Crippen LogP contribution in [0.5, 0.6) is 0 Å². The molecule has 1 saturated heterocycles. The average Bonchev–Trinajstić information content (AvgIpc) is 2.55. The molecule has 1 aliphatic rings. The third-order valence-corrected chi connectivity index (χ3v) is 3.56. The topological polar surface area (TPSA) is 62.8 Å². The smallest absolute Gasteiger partial charge is 0.407 e. The van der Waals surface area contributed by atoms with E-state index in [-0.39, 0.29) is 12.2 Å². The van der Waals surface area contributed by atoms with Gasteiger partial charge in [-0.1, -0.05) is 30.3 Å². The van der Waals surface area contributed by atoms with E-state index < -0.39 is 0 Å². The lowest BCUT2D eigenvalue weighted by atomic mass is 10.2. The zero-order valence-electron chi connectivity index (χ0n) is 13.1. The first-order valence-electron chi connectivity index (χ1n) is 7.71. The Bertz CT molecular complexity index is 440. The number of ether oxygens (including phenoxy) is 2. The van der Waals surface area contributed by atoms with Gasteiger partial charge in [0, 0.05) is 32.7 Å². The number of amides is 1. The van der Waals surface area contributed by atoms with Gasteiger partial charge in [0.25, 0.3) is 0 Å². The van der Waals surface area contributed by atoms with Gasteiger partial charge in [-0.05, 0) is 12.6 Å². The summed E-state index contributed by atoms with van der Waals surface area (Å²) in [6.45, 7) is 5.08. The van der Waals surface area contributed by atoms with Crippen LogP contribution < -0.4 is 10.6 Å². The van der Waals surface area contributed by atoms with Gasteiger partial charge in [-0.25, -0.2) is 4.79 Å². The number of likely N-dealkylation sites (N-methyl/N-ethyl adjacent to an activating group) is 1. The van der Waals surface area contributed by atoms with Crippen LogP contribution in [0.2, 0.25) is 0 Å². The molecular weight excluding hydrogens is 282 g/mol. The Morgan fingerprint density at radius 1 is 1.41 bits per heavy atom. The summed E-state index contributed by atoms with van der Waals surface area (Å²) in [7, 11) is 1.92.